The molecule has 0 aliphatic carbocycles. The molecule has 0 aliphatic heterocycles. The molecule has 1 atom stereocenters. The summed E-state index contributed by atoms with van der Waals surface area (Å²) in [5, 5.41) is 17.9. The number of aliphatic hydroxyl groups excluding tert-OH is 1. The Labute approximate surface area is 103 Å². The summed E-state index contributed by atoms with van der Waals surface area (Å²) in [6.45, 7) is 0. The second kappa shape index (κ2) is 5.12. The highest BCUT2D eigenvalue weighted by Crippen LogP contribution is 2.28. The summed E-state index contributed by atoms with van der Waals surface area (Å²) in [4.78, 5) is 12.5. The number of aliphatic hydroxyl groups is 1. The number of rotatable bonds is 4. The van der Waals surface area contributed by atoms with Crippen LogP contribution in [0.1, 0.15) is 4.88 Å². The van der Waals surface area contributed by atoms with Crippen molar-refractivity contribution in [3.05, 3.63) is 47.3 Å². The molecule has 1 aromatic heterocycles. The van der Waals surface area contributed by atoms with Crippen molar-refractivity contribution < 1.29 is 15.0 Å². The van der Waals surface area contributed by atoms with Crippen molar-refractivity contribution in [2.45, 2.75) is 12.5 Å². The third-order valence-corrected chi connectivity index (χ3v) is 3.56. The van der Waals surface area contributed by atoms with E-state index < -0.39 is 12.1 Å². The van der Waals surface area contributed by atoms with E-state index in [0.29, 0.717) is 0 Å². The van der Waals surface area contributed by atoms with Crippen molar-refractivity contribution >= 4 is 17.3 Å². The number of carboxylic acid groups (broad SMARTS) is 1. The van der Waals surface area contributed by atoms with Crippen LogP contribution in [0.5, 0.6) is 0 Å². The highest BCUT2D eigenvalue weighted by molar-refractivity contribution is 7.15. The van der Waals surface area contributed by atoms with Crippen LogP contribution >= 0.6 is 11.3 Å². The third kappa shape index (κ3) is 2.93. The standard InChI is InChI=1S/C13H12O3S/c14-11(13(15)16)8-10-6-7-12(17-10)9-4-2-1-3-5-9/h1-7,11,14H,8H2,(H,15,16). The van der Waals surface area contributed by atoms with Gasteiger partial charge in [-0.2, -0.15) is 0 Å². The minimum Gasteiger partial charge on any atom is -0.479 e. The third-order valence-electron chi connectivity index (χ3n) is 2.40. The number of hydrogen-bond donors (Lipinski definition) is 2. The summed E-state index contributed by atoms with van der Waals surface area (Å²) in [5.74, 6) is -1.18. The quantitative estimate of drug-likeness (QED) is 0.873. The Morgan fingerprint density at radius 2 is 1.88 bits per heavy atom. The average Bonchev–Trinajstić information content (AvgIpc) is 2.78. The van der Waals surface area contributed by atoms with Crippen LogP contribution in [0.3, 0.4) is 0 Å². The predicted molar refractivity (Wildman–Crippen MR) is 67.1 cm³/mol. The molecule has 4 heteroatoms. The van der Waals surface area contributed by atoms with E-state index in [9.17, 15) is 9.90 Å². The van der Waals surface area contributed by atoms with Crippen LogP contribution < -0.4 is 0 Å². The Bertz CT molecular complexity index is 504. The predicted octanol–water partition coefficient (Wildman–Crippen LogP) is 2.40. The molecule has 0 amide bonds. The monoisotopic (exact) mass is 248 g/mol. The zero-order valence-electron chi connectivity index (χ0n) is 9.04. The summed E-state index contributed by atoms with van der Waals surface area (Å²) in [5.41, 5.74) is 1.11. The van der Waals surface area contributed by atoms with Crippen LogP contribution in [0.4, 0.5) is 0 Å². The molecular formula is C13H12O3S. The molecule has 3 nitrogen and oxygen atoms in total. The van der Waals surface area contributed by atoms with Gasteiger partial charge >= 0.3 is 5.97 Å². The van der Waals surface area contributed by atoms with Gasteiger partial charge in [0.15, 0.2) is 6.10 Å². The normalized spacial score (nSPS) is 12.3. The smallest absolute Gasteiger partial charge is 0.332 e. The van der Waals surface area contributed by atoms with Crippen molar-refractivity contribution in [3.8, 4) is 10.4 Å². The van der Waals surface area contributed by atoms with E-state index >= 15 is 0 Å². The second-order valence-electron chi connectivity index (χ2n) is 3.69. The molecule has 0 radical (unpaired) electrons. The van der Waals surface area contributed by atoms with Gasteiger partial charge in [-0.05, 0) is 17.7 Å². The first-order chi connectivity index (χ1) is 8.16. The molecule has 0 saturated carbocycles. The second-order valence-corrected chi connectivity index (χ2v) is 4.86. The summed E-state index contributed by atoms with van der Waals surface area (Å²) in [7, 11) is 0. The van der Waals surface area contributed by atoms with Crippen molar-refractivity contribution in [2.24, 2.45) is 0 Å². The van der Waals surface area contributed by atoms with Gasteiger partial charge < -0.3 is 10.2 Å². The Kier molecular flexibility index (Phi) is 3.56. The van der Waals surface area contributed by atoms with Gasteiger partial charge in [0, 0.05) is 16.2 Å². The Morgan fingerprint density at radius 1 is 1.18 bits per heavy atom. The maximum absolute atomic E-state index is 10.5. The van der Waals surface area contributed by atoms with E-state index in [1.54, 1.807) is 0 Å². The zero-order chi connectivity index (χ0) is 12.3. The molecule has 1 aromatic carbocycles. The van der Waals surface area contributed by atoms with E-state index in [1.807, 2.05) is 42.5 Å². The molecular weight excluding hydrogens is 236 g/mol. The van der Waals surface area contributed by atoms with Gasteiger partial charge in [0.2, 0.25) is 0 Å². The van der Waals surface area contributed by atoms with Crippen LogP contribution in [0.15, 0.2) is 42.5 Å². The molecule has 88 valence electrons. The fourth-order valence-corrected chi connectivity index (χ4v) is 2.57. The number of thiophene rings is 1. The fraction of sp³-hybridized carbons (Fsp3) is 0.154. The van der Waals surface area contributed by atoms with Gasteiger partial charge in [-0.25, -0.2) is 4.79 Å². The molecule has 0 spiro atoms. The molecule has 0 saturated heterocycles. The number of benzene rings is 1. The zero-order valence-corrected chi connectivity index (χ0v) is 9.85. The summed E-state index contributed by atoms with van der Waals surface area (Å²) in [6.07, 6.45) is -1.16. The Hall–Kier alpha value is -1.65. The molecule has 0 bridgehead atoms. The van der Waals surface area contributed by atoms with Crippen LogP contribution in [-0.4, -0.2) is 22.3 Å². The molecule has 2 rings (SSSR count). The van der Waals surface area contributed by atoms with Crippen LogP contribution in [0.25, 0.3) is 10.4 Å². The average molecular weight is 248 g/mol. The fourth-order valence-electron chi connectivity index (χ4n) is 1.52. The summed E-state index contributed by atoms with van der Waals surface area (Å²) < 4.78 is 0. The highest BCUT2D eigenvalue weighted by Gasteiger charge is 2.15. The molecule has 17 heavy (non-hydrogen) atoms. The van der Waals surface area contributed by atoms with Crippen LogP contribution in [0, 0.1) is 0 Å². The number of carboxylic acids is 1. The van der Waals surface area contributed by atoms with Crippen molar-refractivity contribution in [1.29, 1.82) is 0 Å². The molecule has 1 heterocycles. The van der Waals surface area contributed by atoms with Crippen molar-refractivity contribution in [1.82, 2.24) is 0 Å². The summed E-state index contributed by atoms with van der Waals surface area (Å²) in [6, 6.07) is 13.7. The first-order valence-electron chi connectivity index (χ1n) is 5.22. The lowest BCUT2D eigenvalue weighted by atomic mass is 10.2. The van der Waals surface area contributed by atoms with Crippen LogP contribution in [-0.2, 0) is 11.2 Å². The minimum absolute atomic E-state index is 0.160. The van der Waals surface area contributed by atoms with Gasteiger partial charge in [0.05, 0.1) is 0 Å². The van der Waals surface area contributed by atoms with Crippen LogP contribution in [0.2, 0.25) is 0 Å². The lowest BCUT2D eigenvalue weighted by Crippen LogP contribution is -2.21. The summed E-state index contributed by atoms with van der Waals surface area (Å²) >= 11 is 1.51. The number of hydrogen-bond acceptors (Lipinski definition) is 3. The molecule has 0 fully saturated rings. The van der Waals surface area contributed by atoms with Crippen molar-refractivity contribution in [2.75, 3.05) is 0 Å². The lowest BCUT2D eigenvalue weighted by molar-refractivity contribution is -0.146. The Balaban J connectivity index is 2.14. The van der Waals surface area contributed by atoms with Gasteiger partial charge in [-0.3, -0.25) is 0 Å². The first kappa shape index (κ1) is 11.8. The SMILES string of the molecule is O=C(O)C(O)Cc1ccc(-c2ccccc2)s1. The van der Waals surface area contributed by atoms with Gasteiger partial charge in [-0.1, -0.05) is 30.3 Å². The van der Waals surface area contributed by atoms with Gasteiger partial charge in [0.25, 0.3) is 0 Å². The number of aliphatic carboxylic acids is 1. The van der Waals surface area contributed by atoms with E-state index in [-0.39, 0.29) is 6.42 Å². The molecule has 2 aromatic rings. The Morgan fingerprint density at radius 3 is 2.53 bits per heavy atom. The van der Waals surface area contributed by atoms with E-state index in [1.165, 1.54) is 11.3 Å². The maximum Gasteiger partial charge on any atom is 0.332 e. The largest absolute Gasteiger partial charge is 0.479 e. The first-order valence-corrected chi connectivity index (χ1v) is 6.03. The highest BCUT2D eigenvalue weighted by atomic mass is 32.1. The topological polar surface area (TPSA) is 57.5 Å². The van der Waals surface area contributed by atoms with E-state index in [0.717, 1.165) is 15.3 Å². The minimum atomic E-state index is -1.32. The number of carbonyl (C=O) groups is 1. The molecule has 0 aliphatic rings. The molecule has 1 unspecified atom stereocenters. The van der Waals surface area contributed by atoms with E-state index in [2.05, 4.69) is 0 Å². The van der Waals surface area contributed by atoms with Gasteiger partial charge in [-0.15, -0.1) is 11.3 Å². The molecule has 2 N–H and O–H groups in total. The van der Waals surface area contributed by atoms with E-state index in [4.69, 9.17) is 5.11 Å². The lowest BCUT2D eigenvalue weighted by Gasteiger charge is -2.01. The van der Waals surface area contributed by atoms with Gasteiger partial charge in [0.1, 0.15) is 0 Å². The maximum atomic E-state index is 10.5. The van der Waals surface area contributed by atoms with Crippen molar-refractivity contribution in [3.63, 3.8) is 0 Å².